The number of nitrogens with zero attached hydrogens (tertiary/aromatic N) is 1. The minimum absolute atomic E-state index is 0.120. The van der Waals surface area contributed by atoms with Crippen LogP contribution in [0.4, 0.5) is 4.39 Å². The monoisotopic (exact) mass is 271 g/mol. The molecule has 0 aromatic heterocycles. The Bertz CT molecular complexity index is 632. The van der Waals surface area contributed by atoms with Crippen molar-refractivity contribution in [3.63, 3.8) is 0 Å². The second-order valence-electron chi connectivity index (χ2n) is 4.32. The first-order valence-corrected chi connectivity index (χ1v) is 6.30. The zero-order chi connectivity index (χ0) is 14.5. The zero-order valence-corrected chi connectivity index (χ0v) is 11.0. The van der Waals surface area contributed by atoms with E-state index in [9.17, 15) is 9.50 Å². The smallest absolute Gasteiger partial charge is 0.148 e. The Balaban J connectivity index is 2.23. The first kappa shape index (κ1) is 14.0. The summed E-state index contributed by atoms with van der Waals surface area (Å²) in [6.45, 7) is 1.89. The van der Waals surface area contributed by atoms with Gasteiger partial charge >= 0.3 is 0 Å². The van der Waals surface area contributed by atoms with Crippen LogP contribution in [0.25, 0.3) is 0 Å². The van der Waals surface area contributed by atoms with Gasteiger partial charge < -0.3 is 9.84 Å². The number of nitriles is 1. The predicted octanol–water partition coefficient (Wildman–Crippen LogP) is 3.93. The van der Waals surface area contributed by atoms with Gasteiger partial charge in [0.2, 0.25) is 0 Å². The topological polar surface area (TPSA) is 53.2 Å². The van der Waals surface area contributed by atoms with Crippen LogP contribution in [-0.4, -0.2) is 5.11 Å². The lowest BCUT2D eigenvalue weighted by Gasteiger charge is -2.10. The number of aliphatic hydroxyl groups is 1. The molecule has 0 saturated heterocycles. The van der Waals surface area contributed by atoms with Gasteiger partial charge in [-0.1, -0.05) is 25.1 Å². The first-order valence-electron chi connectivity index (χ1n) is 6.30. The molecule has 2 aromatic carbocycles. The molecule has 0 aliphatic heterocycles. The van der Waals surface area contributed by atoms with E-state index in [4.69, 9.17) is 10.00 Å². The van der Waals surface area contributed by atoms with Crippen LogP contribution in [0.3, 0.4) is 0 Å². The Morgan fingerprint density at radius 2 is 1.95 bits per heavy atom. The molecule has 20 heavy (non-hydrogen) atoms. The van der Waals surface area contributed by atoms with Gasteiger partial charge in [0.25, 0.3) is 0 Å². The highest BCUT2D eigenvalue weighted by atomic mass is 19.1. The third-order valence-corrected chi connectivity index (χ3v) is 2.97. The van der Waals surface area contributed by atoms with Crippen molar-refractivity contribution in [3.05, 3.63) is 59.4 Å². The Kier molecular flexibility index (Phi) is 4.34. The van der Waals surface area contributed by atoms with Gasteiger partial charge in [-0.3, -0.25) is 0 Å². The SMILES string of the molecule is CC[C@H](O)c1ccc(Oc2cccc(F)c2C#N)cc1. The van der Waals surface area contributed by atoms with Gasteiger partial charge in [-0.05, 0) is 36.2 Å². The van der Waals surface area contributed by atoms with Gasteiger partial charge in [0.1, 0.15) is 28.9 Å². The number of benzene rings is 2. The maximum atomic E-state index is 13.4. The maximum absolute atomic E-state index is 13.4. The average Bonchev–Trinajstić information content (AvgIpc) is 2.47. The third kappa shape index (κ3) is 2.95. The van der Waals surface area contributed by atoms with Crippen LogP contribution in [0.2, 0.25) is 0 Å². The van der Waals surface area contributed by atoms with Crippen LogP contribution in [0.5, 0.6) is 11.5 Å². The van der Waals surface area contributed by atoms with Gasteiger partial charge in [0.15, 0.2) is 0 Å². The molecule has 0 amide bonds. The molecule has 0 heterocycles. The van der Waals surface area contributed by atoms with Gasteiger partial charge in [0.05, 0.1) is 6.10 Å². The Hall–Kier alpha value is -2.38. The van der Waals surface area contributed by atoms with E-state index in [2.05, 4.69) is 0 Å². The number of halogens is 1. The molecule has 0 aliphatic carbocycles. The largest absolute Gasteiger partial charge is 0.456 e. The van der Waals surface area contributed by atoms with Crippen LogP contribution >= 0.6 is 0 Å². The third-order valence-electron chi connectivity index (χ3n) is 2.97. The number of hydrogen-bond acceptors (Lipinski definition) is 3. The van der Waals surface area contributed by atoms with E-state index in [1.165, 1.54) is 18.2 Å². The molecule has 0 unspecified atom stereocenters. The Labute approximate surface area is 116 Å². The molecule has 3 nitrogen and oxygen atoms in total. The molecular weight excluding hydrogens is 257 g/mol. The summed E-state index contributed by atoms with van der Waals surface area (Å²) in [6.07, 6.45) is 0.121. The van der Waals surface area contributed by atoms with E-state index in [0.29, 0.717) is 12.2 Å². The summed E-state index contributed by atoms with van der Waals surface area (Å²) in [6, 6.07) is 12.9. The molecule has 0 radical (unpaired) electrons. The van der Waals surface area contributed by atoms with Gasteiger partial charge in [-0.15, -0.1) is 0 Å². The fraction of sp³-hybridized carbons (Fsp3) is 0.188. The molecule has 0 bridgehead atoms. The van der Waals surface area contributed by atoms with Crippen molar-refractivity contribution in [1.29, 1.82) is 5.26 Å². The molecule has 4 heteroatoms. The van der Waals surface area contributed by atoms with E-state index in [-0.39, 0.29) is 11.3 Å². The van der Waals surface area contributed by atoms with Crippen molar-refractivity contribution in [1.82, 2.24) is 0 Å². The lowest BCUT2D eigenvalue weighted by molar-refractivity contribution is 0.173. The van der Waals surface area contributed by atoms with Crippen LogP contribution in [0, 0.1) is 17.1 Å². The van der Waals surface area contributed by atoms with Crippen LogP contribution in [-0.2, 0) is 0 Å². The molecule has 1 atom stereocenters. The van der Waals surface area contributed by atoms with Crippen LogP contribution < -0.4 is 4.74 Å². The van der Waals surface area contributed by atoms with Gasteiger partial charge in [0, 0.05) is 0 Å². The normalized spacial score (nSPS) is 11.7. The molecule has 0 aliphatic rings. The highest BCUT2D eigenvalue weighted by molar-refractivity contribution is 5.46. The summed E-state index contributed by atoms with van der Waals surface area (Å²) in [5.74, 6) is 0.0541. The minimum atomic E-state index is -0.608. The molecule has 0 fully saturated rings. The average molecular weight is 271 g/mol. The molecule has 0 saturated carbocycles. The highest BCUT2D eigenvalue weighted by Gasteiger charge is 2.10. The Morgan fingerprint density at radius 1 is 1.25 bits per heavy atom. The highest BCUT2D eigenvalue weighted by Crippen LogP contribution is 2.28. The van der Waals surface area contributed by atoms with Crippen LogP contribution in [0.15, 0.2) is 42.5 Å². The first-order chi connectivity index (χ1) is 9.65. The zero-order valence-electron chi connectivity index (χ0n) is 11.0. The number of aliphatic hydroxyl groups excluding tert-OH is 1. The maximum Gasteiger partial charge on any atom is 0.148 e. The summed E-state index contributed by atoms with van der Waals surface area (Å²) in [5.41, 5.74) is 0.671. The lowest BCUT2D eigenvalue weighted by atomic mass is 10.1. The molecular formula is C16H14FNO2. The fourth-order valence-electron chi connectivity index (χ4n) is 1.82. The second-order valence-corrected chi connectivity index (χ2v) is 4.32. The van der Waals surface area contributed by atoms with E-state index in [1.54, 1.807) is 30.3 Å². The van der Waals surface area contributed by atoms with E-state index in [1.807, 2.05) is 6.92 Å². The fourth-order valence-corrected chi connectivity index (χ4v) is 1.82. The predicted molar refractivity (Wildman–Crippen MR) is 72.9 cm³/mol. The van der Waals surface area contributed by atoms with E-state index in [0.717, 1.165) is 5.56 Å². The van der Waals surface area contributed by atoms with Crippen molar-refractivity contribution in [3.8, 4) is 17.6 Å². The van der Waals surface area contributed by atoms with Crippen molar-refractivity contribution in [2.75, 3.05) is 0 Å². The Morgan fingerprint density at radius 3 is 2.55 bits per heavy atom. The molecule has 1 N–H and O–H groups in total. The summed E-state index contributed by atoms with van der Waals surface area (Å²) in [5, 5.41) is 18.6. The summed E-state index contributed by atoms with van der Waals surface area (Å²) in [4.78, 5) is 0. The van der Waals surface area contributed by atoms with Crippen molar-refractivity contribution < 1.29 is 14.2 Å². The minimum Gasteiger partial charge on any atom is -0.456 e. The summed E-state index contributed by atoms with van der Waals surface area (Å²) >= 11 is 0. The standard InChI is InChI=1S/C16H14FNO2/c1-2-15(19)11-6-8-12(9-7-11)20-16-5-3-4-14(17)13(16)10-18/h3-9,15,19H,2H2,1H3/t15-/m0/s1. The van der Waals surface area contributed by atoms with Crippen molar-refractivity contribution in [2.24, 2.45) is 0 Å². The lowest BCUT2D eigenvalue weighted by Crippen LogP contribution is -1.95. The van der Waals surface area contributed by atoms with Gasteiger partial charge in [-0.2, -0.15) is 5.26 Å². The van der Waals surface area contributed by atoms with Crippen molar-refractivity contribution >= 4 is 0 Å². The number of rotatable bonds is 4. The molecule has 2 aromatic rings. The molecule has 102 valence electrons. The van der Waals surface area contributed by atoms with Crippen molar-refractivity contribution in [2.45, 2.75) is 19.4 Å². The van der Waals surface area contributed by atoms with Gasteiger partial charge in [-0.25, -0.2) is 4.39 Å². The van der Waals surface area contributed by atoms with E-state index >= 15 is 0 Å². The second kappa shape index (κ2) is 6.18. The molecule has 0 spiro atoms. The number of ether oxygens (including phenoxy) is 1. The number of hydrogen-bond donors (Lipinski definition) is 1. The van der Waals surface area contributed by atoms with E-state index < -0.39 is 11.9 Å². The van der Waals surface area contributed by atoms with Crippen LogP contribution in [0.1, 0.15) is 30.6 Å². The molecule has 2 rings (SSSR count). The summed E-state index contributed by atoms with van der Waals surface area (Å²) in [7, 11) is 0. The summed E-state index contributed by atoms with van der Waals surface area (Å²) < 4.78 is 18.9. The quantitative estimate of drug-likeness (QED) is 0.916.